The van der Waals surface area contributed by atoms with Crippen LogP contribution in [0, 0.1) is 6.92 Å². The lowest BCUT2D eigenvalue weighted by molar-refractivity contribution is 0.597. The molecule has 1 aromatic heterocycles. The molecule has 0 amide bonds. The summed E-state index contributed by atoms with van der Waals surface area (Å²) in [5.74, 6) is 0.628. The van der Waals surface area contributed by atoms with E-state index >= 15 is 0 Å². The minimum Gasteiger partial charge on any atom is -0.312 e. The molecule has 1 atom stereocenters. The summed E-state index contributed by atoms with van der Waals surface area (Å²) in [5, 5.41) is 3.53. The van der Waals surface area contributed by atoms with E-state index in [1.807, 2.05) is 11.3 Å². The van der Waals surface area contributed by atoms with Crippen molar-refractivity contribution in [2.24, 2.45) is 0 Å². The maximum Gasteiger partial charge on any atom is 0.0299 e. The lowest BCUT2D eigenvalue weighted by Gasteiger charge is -2.12. The fourth-order valence-corrected chi connectivity index (χ4v) is 2.92. The third-order valence-corrected chi connectivity index (χ3v) is 4.22. The summed E-state index contributed by atoms with van der Waals surface area (Å²) in [6.07, 6.45) is 1.19. The number of hydrogen-bond donors (Lipinski definition) is 1. The average molecular weight is 259 g/mol. The number of aryl methyl sites for hydroxylation is 1. The molecule has 1 nitrogen and oxygen atoms in total. The van der Waals surface area contributed by atoms with Gasteiger partial charge in [0.05, 0.1) is 0 Å². The summed E-state index contributed by atoms with van der Waals surface area (Å²) in [6, 6.07) is 15.2. The number of benzene rings is 1. The fourth-order valence-electron chi connectivity index (χ4n) is 2.06. The van der Waals surface area contributed by atoms with Crippen molar-refractivity contribution in [2.75, 3.05) is 6.54 Å². The third kappa shape index (κ3) is 3.97. The van der Waals surface area contributed by atoms with Gasteiger partial charge in [-0.1, -0.05) is 37.3 Å². The highest BCUT2D eigenvalue weighted by Gasteiger charge is 2.04. The summed E-state index contributed by atoms with van der Waals surface area (Å²) >= 11 is 1.88. The highest BCUT2D eigenvalue weighted by molar-refractivity contribution is 7.11. The number of hydrogen-bond acceptors (Lipinski definition) is 2. The van der Waals surface area contributed by atoms with Crippen molar-refractivity contribution in [3.8, 4) is 0 Å². The van der Waals surface area contributed by atoms with Crippen LogP contribution in [0.2, 0.25) is 0 Å². The molecule has 0 saturated carbocycles. The van der Waals surface area contributed by atoms with Crippen LogP contribution in [0.4, 0.5) is 0 Å². The highest BCUT2D eigenvalue weighted by atomic mass is 32.1. The Bertz CT molecular complexity index is 461. The molecular weight excluding hydrogens is 238 g/mol. The molecule has 2 rings (SSSR count). The molecule has 0 spiro atoms. The van der Waals surface area contributed by atoms with Gasteiger partial charge in [-0.15, -0.1) is 11.3 Å². The van der Waals surface area contributed by atoms with Crippen molar-refractivity contribution in [3.05, 3.63) is 57.8 Å². The van der Waals surface area contributed by atoms with E-state index in [1.165, 1.54) is 21.7 Å². The second kappa shape index (κ2) is 6.72. The first-order valence-electron chi connectivity index (χ1n) is 6.56. The van der Waals surface area contributed by atoms with Crippen molar-refractivity contribution in [1.29, 1.82) is 0 Å². The summed E-state index contributed by atoms with van der Waals surface area (Å²) in [7, 11) is 0. The standard InChI is InChI=1S/C16H21NS/c1-13(15-6-4-3-5-7-15)10-11-17-12-16-9-8-14(2)18-16/h3-9,13,17H,10-12H2,1-2H3. The van der Waals surface area contributed by atoms with Gasteiger partial charge in [0.25, 0.3) is 0 Å². The van der Waals surface area contributed by atoms with Gasteiger partial charge in [-0.3, -0.25) is 0 Å². The average Bonchev–Trinajstić information content (AvgIpc) is 2.81. The Labute approximate surface area is 114 Å². The van der Waals surface area contributed by atoms with Gasteiger partial charge in [0.1, 0.15) is 0 Å². The fraction of sp³-hybridized carbons (Fsp3) is 0.375. The monoisotopic (exact) mass is 259 g/mol. The van der Waals surface area contributed by atoms with Crippen LogP contribution in [0.3, 0.4) is 0 Å². The molecule has 0 aliphatic rings. The Hall–Kier alpha value is -1.12. The maximum absolute atomic E-state index is 3.53. The van der Waals surface area contributed by atoms with Crippen LogP contribution in [0.1, 0.15) is 34.6 Å². The van der Waals surface area contributed by atoms with Gasteiger partial charge in [0.15, 0.2) is 0 Å². The van der Waals surface area contributed by atoms with Crippen LogP contribution in [0.25, 0.3) is 0 Å². The lowest BCUT2D eigenvalue weighted by atomic mass is 9.98. The molecule has 1 aromatic carbocycles. The van der Waals surface area contributed by atoms with E-state index in [0.29, 0.717) is 5.92 Å². The topological polar surface area (TPSA) is 12.0 Å². The van der Waals surface area contributed by atoms with Crippen molar-refractivity contribution in [3.63, 3.8) is 0 Å². The molecule has 0 fully saturated rings. The molecule has 0 saturated heterocycles. The zero-order chi connectivity index (χ0) is 12.8. The van der Waals surface area contributed by atoms with Gasteiger partial charge in [-0.2, -0.15) is 0 Å². The third-order valence-electron chi connectivity index (χ3n) is 3.22. The smallest absolute Gasteiger partial charge is 0.0299 e. The predicted octanol–water partition coefficient (Wildman–Crippen LogP) is 4.34. The van der Waals surface area contributed by atoms with Crippen LogP contribution in [-0.4, -0.2) is 6.54 Å². The van der Waals surface area contributed by atoms with Gasteiger partial charge in [-0.05, 0) is 43.5 Å². The molecule has 0 aliphatic carbocycles. The van der Waals surface area contributed by atoms with E-state index in [2.05, 4.69) is 61.6 Å². The molecule has 0 radical (unpaired) electrons. The van der Waals surface area contributed by atoms with Crippen molar-refractivity contribution in [2.45, 2.75) is 32.7 Å². The Balaban J connectivity index is 1.69. The molecular formula is C16H21NS. The number of nitrogens with one attached hydrogen (secondary N) is 1. The van der Waals surface area contributed by atoms with Crippen LogP contribution < -0.4 is 5.32 Å². The molecule has 1 N–H and O–H groups in total. The van der Waals surface area contributed by atoms with E-state index in [9.17, 15) is 0 Å². The summed E-state index contributed by atoms with van der Waals surface area (Å²) < 4.78 is 0. The SMILES string of the molecule is Cc1ccc(CNCCC(C)c2ccccc2)s1. The molecule has 18 heavy (non-hydrogen) atoms. The van der Waals surface area contributed by atoms with Crippen LogP contribution in [0.15, 0.2) is 42.5 Å². The van der Waals surface area contributed by atoms with Crippen molar-refractivity contribution in [1.82, 2.24) is 5.32 Å². The van der Waals surface area contributed by atoms with Gasteiger partial charge >= 0.3 is 0 Å². The van der Waals surface area contributed by atoms with Crippen LogP contribution in [0.5, 0.6) is 0 Å². The molecule has 0 aliphatic heterocycles. The van der Waals surface area contributed by atoms with Gasteiger partial charge in [0.2, 0.25) is 0 Å². The maximum atomic E-state index is 3.53. The second-order valence-corrected chi connectivity index (χ2v) is 6.16. The Kier molecular flexibility index (Phi) is 4.97. The van der Waals surface area contributed by atoms with Crippen LogP contribution in [-0.2, 0) is 6.54 Å². The zero-order valence-electron chi connectivity index (χ0n) is 11.1. The normalized spacial score (nSPS) is 12.6. The van der Waals surface area contributed by atoms with Crippen LogP contribution >= 0.6 is 11.3 Å². The van der Waals surface area contributed by atoms with Crippen molar-refractivity contribution < 1.29 is 0 Å². The van der Waals surface area contributed by atoms with E-state index in [1.54, 1.807) is 0 Å². The van der Waals surface area contributed by atoms with E-state index in [4.69, 9.17) is 0 Å². The Morgan fingerprint density at radius 3 is 2.56 bits per heavy atom. The van der Waals surface area contributed by atoms with E-state index in [-0.39, 0.29) is 0 Å². The first kappa shape index (κ1) is 13.3. The molecule has 1 unspecified atom stereocenters. The minimum atomic E-state index is 0.628. The molecule has 2 aromatic rings. The summed E-state index contributed by atoms with van der Waals surface area (Å²) in [5.41, 5.74) is 1.44. The molecule has 0 bridgehead atoms. The van der Waals surface area contributed by atoms with Gasteiger partial charge < -0.3 is 5.32 Å². The molecule has 96 valence electrons. The molecule has 1 heterocycles. The predicted molar refractivity (Wildman–Crippen MR) is 80.2 cm³/mol. The van der Waals surface area contributed by atoms with E-state index < -0.39 is 0 Å². The Morgan fingerprint density at radius 1 is 1.11 bits per heavy atom. The number of rotatable bonds is 6. The van der Waals surface area contributed by atoms with Gasteiger partial charge in [0, 0.05) is 16.3 Å². The molecule has 2 heteroatoms. The van der Waals surface area contributed by atoms with E-state index in [0.717, 1.165) is 13.1 Å². The summed E-state index contributed by atoms with van der Waals surface area (Å²) in [4.78, 5) is 2.82. The zero-order valence-corrected chi connectivity index (χ0v) is 12.0. The van der Waals surface area contributed by atoms with Crippen molar-refractivity contribution >= 4 is 11.3 Å². The van der Waals surface area contributed by atoms with Gasteiger partial charge in [-0.25, -0.2) is 0 Å². The second-order valence-electron chi connectivity index (χ2n) is 4.79. The first-order valence-corrected chi connectivity index (χ1v) is 7.38. The highest BCUT2D eigenvalue weighted by Crippen LogP contribution is 2.18. The Morgan fingerprint density at radius 2 is 1.89 bits per heavy atom. The minimum absolute atomic E-state index is 0.628. The largest absolute Gasteiger partial charge is 0.312 e. The summed E-state index contributed by atoms with van der Waals surface area (Å²) in [6.45, 7) is 6.53. The number of thiophene rings is 1. The first-order chi connectivity index (χ1) is 8.75. The quantitative estimate of drug-likeness (QED) is 0.761. The lowest BCUT2D eigenvalue weighted by Crippen LogP contribution is -2.15.